The first kappa shape index (κ1) is 13.0. The van der Waals surface area contributed by atoms with Crippen molar-refractivity contribution >= 4 is 0 Å². The molecule has 0 spiro atoms. The van der Waals surface area contributed by atoms with Gasteiger partial charge in [0.1, 0.15) is 5.75 Å². The van der Waals surface area contributed by atoms with Gasteiger partial charge in [-0.15, -0.1) is 0 Å². The van der Waals surface area contributed by atoms with Gasteiger partial charge in [0.2, 0.25) is 0 Å². The third-order valence-corrected chi connectivity index (χ3v) is 2.39. The van der Waals surface area contributed by atoms with E-state index < -0.39 is 0 Å². The number of methoxy groups -OCH3 is 2. The van der Waals surface area contributed by atoms with Crippen LogP contribution in [0.15, 0.2) is 18.2 Å². The molecule has 0 aliphatic heterocycles. The van der Waals surface area contributed by atoms with Gasteiger partial charge in [-0.1, -0.05) is 6.07 Å². The van der Waals surface area contributed by atoms with Gasteiger partial charge in [0, 0.05) is 7.11 Å². The third kappa shape index (κ3) is 3.48. The molecule has 90 valence electrons. The lowest BCUT2D eigenvalue weighted by molar-refractivity contribution is -0.119. The van der Waals surface area contributed by atoms with Gasteiger partial charge in [0.25, 0.3) is 0 Å². The minimum atomic E-state index is -0.256. The number of hydrogen-bond acceptors (Lipinski definition) is 4. The summed E-state index contributed by atoms with van der Waals surface area (Å²) in [6.45, 7) is 2.20. The van der Waals surface area contributed by atoms with Crippen molar-refractivity contribution in [3.8, 4) is 5.75 Å². The summed E-state index contributed by atoms with van der Waals surface area (Å²) >= 11 is 0. The van der Waals surface area contributed by atoms with Crippen molar-refractivity contribution in [2.75, 3.05) is 14.2 Å². The average Bonchev–Trinajstić information content (AvgIpc) is 2.35. The highest BCUT2D eigenvalue weighted by molar-refractivity contribution is 5.34. The summed E-state index contributed by atoms with van der Waals surface area (Å²) in [6.07, 6.45) is -0.256. The molecule has 4 heteroatoms. The second-order valence-corrected chi connectivity index (χ2v) is 3.41. The molecule has 0 saturated heterocycles. The van der Waals surface area contributed by atoms with Gasteiger partial charge >= 0.3 is 0 Å². The summed E-state index contributed by atoms with van der Waals surface area (Å²) in [5.41, 5.74) is 1.75. The van der Waals surface area contributed by atoms with Crippen molar-refractivity contribution in [2.24, 2.45) is 0 Å². The van der Waals surface area contributed by atoms with Gasteiger partial charge in [-0.2, -0.15) is 0 Å². The zero-order valence-corrected chi connectivity index (χ0v) is 9.90. The predicted octanol–water partition coefficient (Wildman–Crippen LogP) is 1.70. The first-order valence-electron chi connectivity index (χ1n) is 5.12. The molecule has 1 aromatic carbocycles. The summed E-state index contributed by atoms with van der Waals surface area (Å²) < 4.78 is 15.5. The van der Waals surface area contributed by atoms with Crippen molar-refractivity contribution < 1.29 is 19.3 Å². The monoisotopic (exact) mass is 226 g/mol. The molecule has 0 saturated carbocycles. The van der Waals surface area contributed by atoms with Gasteiger partial charge in [0.15, 0.2) is 6.29 Å². The molecule has 1 rings (SSSR count). The third-order valence-electron chi connectivity index (χ3n) is 2.39. The normalized spacial score (nSPS) is 12.5. The molecule has 1 atom stereocenters. The molecule has 0 aromatic heterocycles. The topological polar surface area (TPSA) is 47.9 Å². The maximum atomic E-state index is 9.22. The summed E-state index contributed by atoms with van der Waals surface area (Å²) in [7, 11) is 3.19. The van der Waals surface area contributed by atoms with Crippen molar-refractivity contribution in [2.45, 2.75) is 26.4 Å². The SMILES string of the molecule is COc1ccc(COC(C)OC)c(CO)c1. The molecule has 0 aliphatic carbocycles. The lowest BCUT2D eigenvalue weighted by Gasteiger charge is -2.13. The van der Waals surface area contributed by atoms with E-state index in [2.05, 4.69) is 0 Å². The Balaban J connectivity index is 2.71. The molecule has 0 bridgehead atoms. The van der Waals surface area contributed by atoms with Gasteiger partial charge < -0.3 is 19.3 Å². The van der Waals surface area contributed by atoms with Gasteiger partial charge in [-0.05, 0) is 30.2 Å². The van der Waals surface area contributed by atoms with Crippen molar-refractivity contribution in [3.05, 3.63) is 29.3 Å². The van der Waals surface area contributed by atoms with E-state index in [0.717, 1.165) is 16.9 Å². The van der Waals surface area contributed by atoms with Crippen LogP contribution in [-0.2, 0) is 22.7 Å². The van der Waals surface area contributed by atoms with Crippen LogP contribution in [0, 0.1) is 0 Å². The smallest absolute Gasteiger partial charge is 0.154 e. The van der Waals surface area contributed by atoms with E-state index >= 15 is 0 Å². The molecular formula is C12H18O4. The second-order valence-electron chi connectivity index (χ2n) is 3.41. The highest BCUT2D eigenvalue weighted by Crippen LogP contribution is 2.19. The van der Waals surface area contributed by atoms with Gasteiger partial charge in [-0.25, -0.2) is 0 Å². The summed E-state index contributed by atoms with van der Waals surface area (Å²) in [5.74, 6) is 0.729. The number of rotatable bonds is 6. The van der Waals surface area contributed by atoms with E-state index in [0.29, 0.717) is 6.61 Å². The Morgan fingerprint density at radius 1 is 1.25 bits per heavy atom. The van der Waals surface area contributed by atoms with Crippen LogP contribution in [0.3, 0.4) is 0 Å². The van der Waals surface area contributed by atoms with Crippen LogP contribution in [0.5, 0.6) is 5.75 Å². The zero-order valence-electron chi connectivity index (χ0n) is 9.90. The summed E-state index contributed by atoms with van der Waals surface area (Å²) in [4.78, 5) is 0. The Kier molecular flexibility index (Phi) is 5.25. The van der Waals surface area contributed by atoms with Crippen LogP contribution < -0.4 is 4.74 Å². The molecule has 1 aromatic rings. The molecule has 0 fully saturated rings. The Morgan fingerprint density at radius 3 is 2.56 bits per heavy atom. The van der Waals surface area contributed by atoms with E-state index in [1.165, 1.54) is 0 Å². The van der Waals surface area contributed by atoms with E-state index in [1.54, 1.807) is 20.3 Å². The Labute approximate surface area is 95.8 Å². The lowest BCUT2D eigenvalue weighted by atomic mass is 10.1. The van der Waals surface area contributed by atoms with Crippen LogP contribution in [-0.4, -0.2) is 25.6 Å². The fourth-order valence-electron chi connectivity index (χ4n) is 1.29. The van der Waals surface area contributed by atoms with E-state index in [4.69, 9.17) is 14.2 Å². The Bertz CT molecular complexity index is 325. The highest BCUT2D eigenvalue weighted by Gasteiger charge is 2.06. The quantitative estimate of drug-likeness (QED) is 0.750. The molecule has 0 radical (unpaired) electrons. The molecule has 0 aliphatic rings. The van der Waals surface area contributed by atoms with Crippen LogP contribution in [0.1, 0.15) is 18.1 Å². The summed E-state index contributed by atoms with van der Waals surface area (Å²) in [5, 5.41) is 9.22. The number of ether oxygens (including phenoxy) is 3. The highest BCUT2D eigenvalue weighted by atomic mass is 16.7. The molecule has 1 unspecified atom stereocenters. The van der Waals surface area contributed by atoms with E-state index in [1.807, 2.05) is 19.1 Å². The predicted molar refractivity (Wildman–Crippen MR) is 60.2 cm³/mol. The fourth-order valence-corrected chi connectivity index (χ4v) is 1.29. The maximum Gasteiger partial charge on any atom is 0.154 e. The van der Waals surface area contributed by atoms with Gasteiger partial charge in [0.05, 0.1) is 20.3 Å². The maximum absolute atomic E-state index is 9.22. The van der Waals surface area contributed by atoms with Crippen molar-refractivity contribution in [1.82, 2.24) is 0 Å². The first-order chi connectivity index (χ1) is 7.71. The minimum absolute atomic E-state index is 0.0305. The number of benzene rings is 1. The van der Waals surface area contributed by atoms with Crippen molar-refractivity contribution in [3.63, 3.8) is 0 Å². The minimum Gasteiger partial charge on any atom is -0.497 e. The molecule has 0 heterocycles. The number of aliphatic hydroxyl groups is 1. The van der Waals surface area contributed by atoms with E-state index in [-0.39, 0.29) is 12.9 Å². The van der Waals surface area contributed by atoms with Crippen LogP contribution in [0.4, 0.5) is 0 Å². The molecule has 0 amide bonds. The van der Waals surface area contributed by atoms with E-state index in [9.17, 15) is 5.11 Å². The number of aliphatic hydroxyl groups excluding tert-OH is 1. The first-order valence-corrected chi connectivity index (χ1v) is 5.12. The number of hydrogen-bond donors (Lipinski definition) is 1. The Morgan fingerprint density at radius 2 is 2.00 bits per heavy atom. The Hall–Kier alpha value is -1.10. The lowest BCUT2D eigenvalue weighted by Crippen LogP contribution is -2.10. The second kappa shape index (κ2) is 6.48. The largest absolute Gasteiger partial charge is 0.497 e. The van der Waals surface area contributed by atoms with Crippen molar-refractivity contribution in [1.29, 1.82) is 0 Å². The average molecular weight is 226 g/mol. The zero-order chi connectivity index (χ0) is 12.0. The molecular weight excluding hydrogens is 208 g/mol. The van der Waals surface area contributed by atoms with Crippen LogP contribution in [0.25, 0.3) is 0 Å². The van der Waals surface area contributed by atoms with Gasteiger partial charge in [-0.3, -0.25) is 0 Å². The van der Waals surface area contributed by atoms with Crippen LogP contribution in [0.2, 0.25) is 0 Å². The standard InChI is InChI=1S/C12H18O4/c1-9(14-2)16-8-10-4-5-12(15-3)6-11(10)7-13/h4-6,9,13H,7-8H2,1-3H3. The molecule has 4 nitrogen and oxygen atoms in total. The molecule has 1 N–H and O–H groups in total. The summed E-state index contributed by atoms with van der Waals surface area (Å²) in [6, 6.07) is 5.53. The molecule has 16 heavy (non-hydrogen) atoms. The fraction of sp³-hybridized carbons (Fsp3) is 0.500. The van der Waals surface area contributed by atoms with Crippen LogP contribution >= 0.6 is 0 Å².